The van der Waals surface area contributed by atoms with Gasteiger partial charge < -0.3 is 10.2 Å². The molecule has 0 spiro atoms. The number of rotatable bonds is 3. The molecule has 3 rings (SSSR count). The van der Waals surface area contributed by atoms with E-state index in [1.54, 1.807) is 12.1 Å². The van der Waals surface area contributed by atoms with Gasteiger partial charge in [0.05, 0.1) is 0 Å². The second-order valence-corrected chi connectivity index (χ2v) is 5.05. The van der Waals surface area contributed by atoms with Crippen molar-refractivity contribution in [1.29, 1.82) is 0 Å². The molecule has 2 nitrogen and oxygen atoms in total. The van der Waals surface area contributed by atoms with Crippen molar-refractivity contribution in [3.8, 4) is 22.6 Å². The predicted molar refractivity (Wildman–Crippen MR) is 84.5 cm³/mol. The number of phenolic OH excluding ortho intramolecular Hbond substituents is 2. The van der Waals surface area contributed by atoms with E-state index in [4.69, 9.17) is 0 Å². The van der Waals surface area contributed by atoms with Gasteiger partial charge in [-0.3, -0.25) is 0 Å². The standard InChI is InChI=1S/C19H16O2/c20-18-11-10-17(19(21)13-18)12-14-6-8-16(9-7-14)15-4-2-1-3-5-15/h1-11,13,20-21H,12H2. The Labute approximate surface area is 123 Å². The number of phenols is 2. The van der Waals surface area contributed by atoms with Gasteiger partial charge in [0, 0.05) is 12.5 Å². The largest absolute Gasteiger partial charge is 0.508 e. The van der Waals surface area contributed by atoms with Crippen molar-refractivity contribution in [2.45, 2.75) is 6.42 Å². The molecule has 0 aliphatic carbocycles. The first-order valence-electron chi connectivity index (χ1n) is 6.87. The molecule has 0 fully saturated rings. The molecule has 3 aromatic carbocycles. The van der Waals surface area contributed by atoms with Crippen LogP contribution in [0.4, 0.5) is 0 Å². The van der Waals surface area contributed by atoms with Gasteiger partial charge in [0.25, 0.3) is 0 Å². The van der Waals surface area contributed by atoms with Gasteiger partial charge in [-0.15, -0.1) is 0 Å². The lowest BCUT2D eigenvalue weighted by molar-refractivity contribution is 0.447. The van der Waals surface area contributed by atoms with Crippen molar-refractivity contribution in [1.82, 2.24) is 0 Å². The molecule has 0 aromatic heterocycles. The molecule has 0 bridgehead atoms. The van der Waals surface area contributed by atoms with Gasteiger partial charge in [0.2, 0.25) is 0 Å². The van der Waals surface area contributed by atoms with Gasteiger partial charge in [-0.05, 0) is 28.3 Å². The zero-order chi connectivity index (χ0) is 14.7. The van der Waals surface area contributed by atoms with Crippen molar-refractivity contribution in [2.24, 2.45) is 0 Å². The molecule has 104 valence electrons. The van der Waals surface area contributed by atoms with Crippen LogP contribution in [0.25, 0.3) is 11.1 Å². The molecule has 21 heavy (non-hydrogen) atoms. The molecular formula is C19H16O2. The Morgan fingerprint density at radius 1 is 0.667 bits per heavy atom. The summed E-state index contributed by atoms with van der Waals surface area (Å²) >= 11 is 0. The summed E-state index contributed by atoms with van der Waals surface area (Å²) in [6, 6.07) is 23.2. The highest BCUT2D eigenvalue weighted by Crippen LogP contribution is 2.26. The Morgan fingerprint density at radius 3 is 2.00 bits per heavy atom. The summed E-state index contributed by atoms with van der Waals surface area (Å²) in [6.45, 7) is 0. The average Bonchev–Trinajstić information content (AvgIpc) is 2.52. The van der Waals surface area contributed by atoms with E-state index in [1.165, 1.54) is 17.2 Å². The molecule has 3 aromatic rings. The third-order valence-electron chi connectivity index (χ3n) is 3.52. The monoisotopic (exact) mass is 276 g/mol. The van der Waals surface area contributed by atoms with E-state index < -0.39 is 0 Å². The highest BCUT2D eigenvalue weighted by atomic mass is 16.3. The summed E-state index contributed by atoms with van der Waals surface area (Å²) in [5.74, 6) is 0.206. The second-order valence-electron chi connectivity index (χ2n) is 5.05. The number of hydrogen-bond acceptors (Lipinski definition) is 2. The van der Waals surface area contributed by atoms with Crippen molar-refractivity contribution in [3.63, 3.8) is 0 Å². The van der Waals surface area contributed by atoms with Crippen LogP contribution in [0.3, 0.4) is 0 Å². The Hall–Kier alpha value is -2.74. The van der Waals surface area contributed by atoms with Crippen LogP contribution in [-0.2, 0) is 6.42 Å². The zero-order valence-corrected chi connectivity index (χ0v) is 11.5. The summed E-state index contributed by atoms with van der Waals surface area (Å²) in [6.07, 6.45) is 0.640. The fourth-order valence-electron chi connectivity index (χ4n) is 2.37. The number of benzene rings is 3. The lowest BCUT2D eigenvalue weighted by Gasteiger charge is -2.07. The highest BCUT2D eigenvalue weighted by molar-refractivity contribution is 5.63. The minimum atomic E-state index is 0.0793. The molecule has 0 atom stereocenters. The van der Waals surface area contributed by atoms with Crippen molar-refractivity contribution in [3.05, 3.63) is 83.9 Å². The molecule has 2 N–H and O–H groups in total. The normalized spacial score (nSPS) is 10.5. The van der Waals surface area contributed by atoms with Crippen LogP contribution >= 0.6 is 0 Å². The van der Waals surface area contributed by atoms with Crippen LogP contribution in [0.15, 0.2) is 72.8 Å². The van der Waals surface area contributed by atoms with Crippen molar-refractivity contribution < 1.29 is 10.2 Å². The van der Waals surface area contributed by atoms with Gasteiger partial charge in [0.1, 0.15) is 11.5 Å². The number of hydrogen-bond donors (Lipinski definition) is 2. The van der Waals surface area contributed by atoms with Gasteiger partial charge >= 0.3 is 0 Å². The fourth-order valence-corrected chi connectivity index (χ4v) is 2.37. The van der Waals surface area contributed by atoms with Crippen LogP contribution in [-0.4, -0.2) is 10.2 Å². The first-order valence-corrected chi connectivity index (χ1v) is 6.87. The van der Waals surface area contributed by atoms with E-state index in [2.05, 4.69) is 36.4 Å². The van der Waals surface area contributed by atoms with E-state index in [0.717, 1.165) is 11.1 Å². The van der Waals surface area contributed by atoms with E-state index in [1.807, 2.05) is 18.2 Å². The molecule has 0 aliphatic rings. The molecule has 0 heterocycles. The van der Waals surface area contributed by atoms with Crippen LogP contribution in [0.2, 0.25) is 0 Å². The third-order valence-corrected chi connectivity index (χ3v) is 3.52. The van der Waals surface area contributed by atoms with Crippen LogP contribution in [0.5, 0.6) is 11.5 Å². The van der Waals surface area contributed by atoms with Crippen molar-refractivity contribution in [2.75, 3.05) is 0 Å². The van der Waals surface area contributed by atoms with Crippen LogP contribution < -0.4 is 0 Å². The maximum atomic E-state index is 9.83. The molecule has 0 saturated carbocycles. The molecule has 2 heteroatoms. The van der Waals surface area contributed by atoms with Crippen molar-refractivity contribution >= 4 is 0 Å². The summed E-state index contributed by atoms with van der Waals surface area (Å²) in [7, 11) is 0. The summed E-state index contributed by atoms with van der Waals surface area (Å²) in [5.41, 5.74) is 4.29. The fraction of sp³-hybridized carbons (Fsp3) is 0.0526. The van der Waals surface area contributed by atoms with Gasteiger partial charge in [-0.2, -0.15) is 0 Å². The molecule has 0 unspecified atom stereocenters. The minimum Gasteiger partial charge on any atom is -0.508 e. The summed E-state index contributed by atoms with van der Waals surface area (Å²) < 4.78 is 0. The third kappa shape index (κ3) is 3.06. The predicted octanol–water partition coefficient (Wildman–Crippen LogP) is 4.36. The Balaban J connectivity index is 1.81. The number of aromatic hydroxyl groups is 2. The Kier molecular flexibility index (Phi) is 3.61. The molecule has 0 saturated heterocycles. The molecule has 0 aliphatic heterocycles. The van der Waals surface area contributed by atoms with Gasteiger partial charge in [0.15, 0.2) is 0 Å². The minimum absolute atomic E-state index is 0.0793. The van der Waals surface area contributed by atoms with E-state index in [-0.39, 0.29) is 11.5 Å². The van der Waals surface area contributed by atoms with Gasteiger partial charge in [-0.25, -0.2) is 0 Å². The maximum absolute atomic E-state index is 9.83. The smallest absolute Gasteiger partial charge is 0.122 e. The second kappa shape index (κ2) is 5.71. The topological polar surface area (TPSA) is 40.5 Å². The zero-order valence-electron chi connectivity index (χ0n) is 11.5. The van der Waals surface area contributed by atoms with E-state index in [0.29, 0.717) is 6.42 Å². The maximum Gasteiger partial charge on any atom is 0.122 e. The molecular weight excluding hydrogens is 260 g/mol. The Morgan fingerprint density at radius 2 is 1.33 bits per heavy atom. The lowest BCUT2D eigenvalue weighted by Crippen LogP contribution is -1.89. The van der Waals surface area contributed by atoms with Crippen LogP contribution in [0.1, 0.15) is 11.1 Å². The van der Waals surface area contributed by atoms with Crippen LogP contribution in [0, 0.1) is 0 Å². The first kappa shape index (κ1) is 13.3. The SMILES string of the molecule is Oc1ccc(Cc2ccc(-c3ccccc3)cc2)c(O)c1. The van der Waals surface area contributed by atoms with E-state index in [9.17, 15) is 10.2 Å². The molecule has 0 radical (unpaired) electrons. The molecule has 0 amide bonds. The average molecular weight is 276 g/mol. The van der Waals surface area contributed by atoms with E-state index >= 15 is 0 Å². The highest BCUT2D eigenvalue weighted by Gasteiger charge is 2.04. The quantitative estimate of drug-likeness (QED) is 0.746. The summed E-state index contributed by atoms with van der Waals surface area (Å²) in [5, 5.41) is 19.1. The first-order chi connectivity index (χ1) is 10.2. The Bertz CT molecular complexity index is 731. The van der Waals surface area contributed by atoms with Gasteiger partial charge in [-0.1, -0.05) is 60.7 Å². The lowest BCUT2D eigenvalue weighted by atomic mass is 10.00. The summed E-state index contributed by atoms with van der Waals surface area (Å²) in [4.78, 5) is 0.